The van der Waals surface area contributed by atoms with Crippen molar-refractivity contribution >= 4 is 28.8 Å². The largest absolute Gasteiger partial charge is 0.444 e. The Morgan fingerprint density at radius 3 is 2.45 bits per heavy atom. The smallest absolute Gasteiger partial charge is 0.408 e. The number of pyridine rings is 2. The summed E-state index contributed by atoms with van der Waals surface area (Å²) in [6.07, 6.45) is 4.01. The van der Waals surface area contributed by atoms with Gasteiger partial charge in [-0.25, -0.2) is 19.7 Å². The molecule has 4 N–H and O–H groups in total. The van der Waals surface area contributed by atoms with Gasteiger partial charge < -0.3 is 21.1 Å². The molecule has 0 bridgehead atoms. The number of alkyl carbamates (subject to hydrolysis) is 1. The van der Waals surface area contributed by atoms with Crippen molar-refractivity contribution < 1.29 is 9.53 Å². The monoisotopic (exact) mass is 561 g/mol. The maximum atomic E-state index is 12.7. The van der Waals surface area contributed by atoms with Gasteiger partial charge in [0.25, 0.3) is 0 Å². The molecule has 1 fully saturated rings. The molecular weight excluding hydrogens is 526 g/mol. The lowest BCUT2D eigenvalue weighted by Gasteiger charge is -2.43. The number of fused-ring (bicyclic) bond motifs is 1. The van der Waals surface area contributed by atoms with Crippen LogP contribution in [0.1, 0.15) is 45.6 Å². The Morgan fingerprint density at radius 1 is 1.00 bits per heavy atom. The predicted molar refractivity (Wildman–Crippen MR) is 166 cm³/mol. The van der Waals surface area contributed by atoms with E-state index in [-0.39, 0.29) is 0 Å². The van der Waals surface area contributed by atoms with Crippen LogP contribution in [-0.4, -0.2) is 38.3 Å². The predicted octanol–water partition coefficient (Wildman–Crippen LogP) is 6.68. The second kappa shape index (κ2) is 10.5. The molecule has 9 heteroatoms. The van der Waals surface area contributed by atoms with Gasteiger partial charge in [0, 0.05) is 30.2 Å². The van der Waals surface area contributed by atoms with Crippen LogP contribution >= 0.6 is 0 Å². The zero-order valence-corrected chi connectivity index (χ0v) is 24.3. The van der Waals surface area contributed by atoms with E-state index in [1.54, 1.807) is 6.20 Å². The van der Waals surface area contributed by atoms with Crippen LogP contribution in [0.3, 0.4) is 0 Å². The number of amides is 1. The van der Waals surface area contributed by atoms with Crippen molar-refractivity contribution in [2.45, 2.75) is 51.2 Å². The molecule has 0 atom stereocenters. The van der Waals surface area contributed by atoms with Crippen LogP contribution in [0.4, 0.5) is 16.3 Å². The molecular formula is C33H35N7O2. The second-order valence-electron chi connectivity index (χ2n) is 11.7. The summed E-state index contributed by atoms with van der Waals surface area (Å²) in [5.41, 5.74) is 12.2. The highest BCUT2D eigenvalue weighted by molar-refractivity contribution is 5.85. The first kappa shape index (κ1) is 27.3. The Kier molecular flexibility index (Phi) is 6.80. The van der Waals surface area contributed by atoms with Crippen LogP contribution in [0.15, 0.2) is 79.0 Å². The number of carbonyl (C=O) groups excluding carboxylic acids is 1. The van der Waals surface area contributed by atoms with E-state index < -0.39 is 17.2 Å². The Hall–Kier alpha value is -4.92. The number of nitrogens with zero attached hydrogens (tertiary/aromatic N) is 4. The number of nitrogens with two attached hydrogens (primary N) is 1. The molecule has 6 rings (SSSR count). The minimum atomic E-state index is -0.563. The van der Waals surface area contributed by atoms with E-state index in [1.165, 1.54) is 0 Å². The molecule has 0 aliphatic heterocycles. The number of hydrogen-bond acceptors (Lipinski definition) is 7. The van der Waals surface area contributed by atoms with E-state index in [4.69, 9.17) is 20.4 Å². The molecule has 3 aromatic heterocycles. The molecule has 1 aliphatic carbocycles. The number of nitrogen functional groups attached to an aromatic ring is 1. The van der Waals surface area contributed by atoms with Gasteiger partial charge in [0.05, 0.1) is 16.8 Å². The third-order valence-corrected chi connectivity index (χ3v) is 7.66. The Morgan fingerprint density at radius 2 is 1.79 bits per heavy atom. The zero-order chi connectivity index (χ0) is 29.5. The first-order chi connectivity index (χ1) is 20.2. The Labute approximate surface area is 245 Å². The third kappa shape index (κ3) is 5.13. The molecule has 1 amide bonds. The lowest BCUT2D eigenvalue weighted by molar-refractivity contribution is 0.0377. The molecule has 1 saturated carbocycles. The Bertz CT molecular complexity index is 1770. The van der Waals surface area contributed by atoms with Crippen LogP contribution in [0, 0.1) is 0 Å². The summed E-state index contributed by atoms with van der Waals surface area (Å²) in [4.78, 5) is 27.0. The van der Waals surface area contributed by atoms with Crippen molar-refractivity contribution in [3.63, 3.8) is 0 Å². The van der Waals surface area contributed by atoms with Crippen LogP contribution < -0.4 is 16.4 Å². The lowest BCUT2D eigenvalue weighted by Crippen LogP contribution is -2.52. The van der Waals surface area contributed by atoms with Gasteiger partial charge in [-0.2, -0.15) is 0 Å². The van der Waals surface area contributed by atoms with Crippen LogP contribution in [-0.2, 0) is 10.3 Å². The fourth-order valence-corrected chi connectivity index (χ4v) is 5.43. The topological polar surface area (TPSA) is 120 Å². The number of rotatable bonds is 6. The first-order valence-corrected chi connectivity index (χ1v) is 14.2. The minimum Gasteiger partial charge on any atom is -0.444 e. The number of aromatic nitrogens is 4. The van der Waals surface area contributed by atoms with E-state index in [9.17, 15) is 4.79 Å². The Balaban J connectivity index is 1.44. The SMILES string of the molecule is CNc1cccc(-c2ccc3nc(-c4cccnc4N)n(-c4ccc(C5(NC(=O)OC(C)(C)C)CCC5)cc4)c3n2)c1. The average molecular weight is 562 g/mol. The molecule has 2 aromatic carbocycles. The molecule has 0 saturated heterocycles. The normalized spacial score (nSPS) is 14.3. The van der Waals surface area contributed by atoms with Crippen molar-refractivity contribution in [2.24, 2.45) is 0 Å². The zero-order valence-electron chi connectivity index (χ0n) is 24.3. The average Bonchev–Trinajstić information content (AvgIpc) is 3.33. The summed E-state index contributed by atoms with van der Waals surface area (Å²) in [5, 5.41) is 6.34. The fraction of sp³-hybridized carbons (Fsp3) is 0.273. The van der Waals surface area contributed by atoms with Gasteiger partial charge in [0.15, 0.2) is 11.5 Å². The lowest BCUT2D eigenvalue weighted by atomic mass is 9.72. The number of anilines is 2. The summed E-state index contributed by atoms with van der Waals surface area (Å²) in [7, 11) is 1.90. The van der Waals surface area contributed by atoms with Crippen LogP contribution in [0.25, 0.3) is 39.5 Å². The summed E-state index contributed by atoms with van der Waals surface area (Å²) >= 11 is 0. The number of ether oxygens (including phenoxy) is 1. The highest BCUT2D eigenvalue weighted by Crippen LogP contribution is 2.42. The first-order valence-electron chi connectivity index (χ1n) is 14.2. The van der Waals surface area contributed by atoms with Gasteiger partial charge in [-0.15, -0.1) is 0 Å². The highest BCUT2D eigenvalue weighted by atomic mass is 16.6. The van der Waals surface area contributed by atoms with Gasteiger partial charge in [0.1, 0.15) is 16.9 Å². The van der Waals surface area contributed by atoms with Crippen LogP contribution in [0.5, 0.6) is 0 Å². The summed E-state index contributed by atoms with van der Waals surface area (Å²) < 4.78 is 7.59. The van der Waals surface area contributed by atoms with E-state index in [0.717, 1.165) is 58.5 Å². The molecule has 3 heterocycles. The van der Waals surface area contributed by atoms with Crippen LogP contribution in [0.2, 0.25) is 0 Å². The summed E-state index contributed by atoms with van der Waals surface area (Å²) in [6, 6.07) is 24.1. The number of imidazole rings is 1. The second-order valence-corrected chi connectivity index (χ2v) is 11.7. The van der Waals surface area contributed by atoms with Crippen molar-refractivity contribution in [2.75, 3.05) is 18.1 Å². The van der Waals surface area contributed by atoms with Gasteiger partial charge in [0.2, 0.25) is 0 Å². The molecule has 1 aliphatic rings. The van der Waals surface area contributed by atoms with Gasteiger partial charge in [-0.05, 0) is 94.1 Å². The van der Waals surface area contributed by atoms with E-state index in [0.29, 0.717) is 17.3 Å². The summed E-state index contributed by atoms with van der Waals surface area (Å²) in [5.74, 6) is 1.05. The van der Waals surface area contributed by atoms with Gasteiger partial charge in [-0.3, -0.25) is 4.57 Å². The molecule has 0 unspecified atom stereocenters. The van der Waals surface area contributed by atoms with Gasteiger partial charge >= 0.3 is 6.09 Å². The molecule has 0 radical (unpaired) electrons. The molecule has 42 heavy (non-hydrogen) atoms. The standard InChI is InChI=1S/C33H35N7O2/c1-32(2,3)42-31(41)39-33(17-7-18-33)22-11-13-24(14-12-22)40-29(25-10-6-19-36-28(25)34)38-27-16-15-26(37-30(27)40)21-8-5-9-23(20-21)35-4/h5-6,8-16,19-20,35H,7,17-18H2,1-4H3,(H2,34,36)(H,39,41). The highest BCUT2D eigenvalue weighted by Gasteiger charge is 2.41. The van der Waals surface area contributed by atoms with E-state index in [1.807, 2.05) is 87.0 Å². The third-order valence-electron chi connectivity index (χ3n) is 7.66. The fourth-order valence-electron chi connectivity index (χ4n) is 5.43. The summed E-state index contributed by atoms with van der Waals surface area (Å²) in [6.45, 7) is 5.61. The number of benzene rings is 2. The van der Waals surface area contributed by atoms with Crippen molar-refractivity contribution in [3.05, 3.63) is 84.6 Å². The minimum absolute atomic E-state index is 0.391. The number of carbonyl (C=O) groups is 1. The van der Waals surface area contributed by atoms with Crippen molar-refractivity contribution in [3.8, 4) is 28.3 Å². The van der Waals surface area contributed by atoms with E-state index in [2.05, 4.69) is 33.8 Å². The quantitative estimate of drug-likeness (QED) is 0.212. The van der Waals surface area contributed by atoms with Crippen molar-refractivity contribution in [1.29, 1.82) is 0 Å². The maximum absolute atomic E-state index is 12.7. The number of hydrogen-bond donors (Lipinski definition) is 3. The molecule has 9 nitrogen and oxygen atoms in total. The van der Waals surface area contributed by atoms with Crippen molar-refractivity contribution in [1.82, 2.24) is 24.8 Å². The van der Waals surface area contributed by atoms with Gasteiger partial charge in [-0.1, -0.05) is 24.3 Å². The molecule has 5 aromatic rings. The number of nitrogens with one attached hydrogen (secondary N) is 2. The molecule has 0 spiro atoms. The maximum Gasteiger partial charge on any atom is 0.408 e. The van der Waals surface area contributed by atoms with E-state index >= 15 is 0 Å². The molecule has 214 valence electrons.